The second-order valence-electron chi connectivity index (χ2n) is 4.72. The Balaban J connectivity index is 1.96. The molecule has 3 nitrogen and oxygen atoms in total. The topological polar surface area (TPSA) is 55.1 Å². The summed E-state index contributed by atoms with van der Waals surface area (Å²) in [5, 5.41) is 2.77. The van der Waals surface area contributed by atoms with Gasteiger partial charge in [-0.05, 0) is 36.9 Å². The summed E-state index contributed by atoms with van der Waals surface area (Å²) in [4.78, 5) is 11.8. The zero-order valence-electron chi connectivity index (χ0n) is 9.71. The Hall–Kier alpha value is -1.42. The number of nitrogens with one attached hydrogen (secondary N) is 1. The summed E-state index contributed by atoms with van der Waals surface area (Å²) >= 11 is 0. The maximum absolute atomic E-state index is 13.4. The van der Waals surface area contributed by atoms with Crippen LogP contribution in [0, 0.1) is 11.2 Å². The van der Waals surface area contributed by atoms with Gasteiger partial charge >= 0.3 is 0 Å². The van der Waals surface area contributed by atoms with Crippen LogP contribution in [0.4, 0.5) is 4.39 Å². The number of hydrogen-bond donors (Lipinski definition) is 2. The fourth-order valence-corrected chi connectivity index (χ4v) is 2.14. The fourth-order valence-electron chi connectivity index (χ4n) is 2.14. The van der Waals surface area contributed by atoms with Crippen LogP contribution in [0.2, 0.25) is 0 Å². The Bertz CT molecular complexity index is 410. The minimum absolute atomic E-state index is 0.0426. The van der Waals surface area contributed by atoms with Gasteiger partial charge in [0.25, 0.3) is 5.91 Å². The van der Waals surface area contributed by atoms with Crippen molar-refractivity contribution in [3.05, 3.63) is 35.6 Å². The van der Waals surface area contributed by atoms with Gasteiger partial charge < -0.3 is 11.1 Å². The van der Waals surface area contributed by atoms with Crippen molar-refractivity contribution < 1.29 is 9.18 Å². The quantitative estimate of drug-likeness (QED) is 0.835. The molecule has 0 spiro atoms. The van der Waals surface area contributed by atoms with Crippen molar-refractivity contribution in [2.24, 2.45) is 11.1 Å². The second-order valence-corrected chi connectivity index (χ2v) is 4.72. The van der Waals surface area contributed by atoms with Gasteiger partial charge in [-0.2, -0.15) is 0 Å². The van der Waals surface area contributed by atoms with Gasteiger partial charge in [-0.1, -0.05) is 18.6 Å². The molecule has 0 bridgehead atoms. The molecule has 1 fully saturated rings. The van der Waals surface area contributed by atoms with E-state index < -0.39 is 5.82 Å². The van der Waals surface area contributed by atoms with Crippen molar-refractivity contribution in [3.8, 4) is 0 Å². The van der Waals surface area contributed by atoms with Crippen molar-refractivity contribution >= 4 is 5.91 Å². The summed E-state index contributed by atoms with van der Waals surface area (Å²) < 4.78 is 13.4. The van der Waals surface area contributed by atoms with Gasteiger partial charge in [0, 0.05) is 6.54 Å². The van der Waals surface area contributed by atoms with Crippen LogP contribution in [-0.4, -0.2) is 19.0 Å². The highest BCUT2D eigenvalue weighted by molar-refractivity contribution is 5.94. The largest absolute Gasteiger partial charge is 0.351 e. The second kappa shape index (κ2) is 4.84. The van der Waals surface area contributed by atoms with E-state index in [-0.39, 0.29) is 16.9 Å². The molecule has 0 aromatic heterocycles. The zero-order chi connectivity index (χ0) is 12.3. The molecule has 0 aliphatic heterocycles. The number of hydrogen-bond acceptors (Lipinski definition) is 2. The molecule has 1 aliphatic rings. The summed E-state index contributed by atoms with van der Waals surface area (Å²) in [5.74, 6) is -0.844. The average Bonchev–Trinajstić information content (AvgIpc) is 2.28. The molecule has 0 unspecified atom stereocenters. The first-order chi connectivity index (χ1) is 8.17. The number of carbonyl (C=O) groups is 1. The van der Waals surface area contributed by atoms with E-state index in [2.05, 4.69) is 5.32 Å². The van der Waals surface area contributed by atoms with Crippen LogP contribution < -0.4 is 11.1 Å². The van der Waals surface area contributed by atoms with Gasteiger partial charge in [-0.15, -0.1) is 0 Å². The van der Waals surface area contributed by atoms with Crippen LogP contribution in [-0.2, 0) is 0 Å². The summed E-state index contributed by atoms with van der Waals surface area (Å²) in [5.41, 5.74) is 5.84. The molecule has 0 saturated heterocycles. The number of rotatable bonds is 4. The molecule has 0 atom stereocenters. The number of nitrogens with two attached hydrogens (primary N) is 1. The molecule has 0 radical (unpaired) electrons. The maximum Gasteiger partial charge on any atom is 0.254 e. The van der Waals surface area contributed by atoms with E-state index >= 15 is 0 Å². The highest BCUT2D eigenvalue weighted by atomic mass is 19.1. The summed E-state index contributed by atoms with van der Waals surface area (Å²) in [6, 6.07) is 6.00. The van der Waals surface area contributed by atoms with Crippen LogP contribution in [0.3, 0.4) is 0 Å². The first kappa shape index (κ1) is 12.0. The molecule has 1 aromatic carbocycles. The lowest BCUT2D eigenvalue weighted by atomic mass is 9.69. The SMILES string of the molecule is NCC1(CNC(=O)c2ccccc2F)CCC1. The molecule has 0 heterocycles. The molecule has 1 amide bonds. The van der Waals surface area contributed by atoms with Gasteiger partial charge in [0.2, 0.25) is 0 Å². The van der Waals surface area contributed by atoms with Crippen LogP contribution in [0.5, 0.6) is 0 Å². The average molecular weight is 236 g/mol. The van der Waals surface area contributed by atoms with Crippen molar-refractivity contribution in [1.29, 1.82) is 0 Å². The molecule has 3 N–H and O–H groups in total. The Morgan fingerprint density at radius 2 is 2.12 bits per heavy atom. The molecular weight excluding hydrogens is 219 g/mol. The first-order valence-electron chi connectivity index (χ1n) is 5.90. The number of carbonyl (C=O) groups excluding carboxylic acids is 1. The number of amides is 1. The minimum atomic E-state index is -0.486. The van der Waals surface area contributed by atoms with E-state index in [0.29, 0.717) is 13.1 Å². The van der Waals surface area contributed by atoms with Crippen LogP contribution in [0.1, 0.15) is 29.6 Å². The van der Waals surface area contributed by atoms with E-state index in [1.54, 1.807) is 12.1 Å². The highest BCUT2D eigenvalue weighted by Gasteiger charge is 2.35. The molecule has 1 aliphatic carbocycles. The Morgan fingerprint density at radius 3 is 2.65 bits per heavy atom. The maximum atomic E-state index is 13.4. The molecule has 17 heavy (non-hydrogen) atoms. The van der Waals surface area contributed by atoms with E-state index in [9.17, 15) is 9.18 Å². The molecule has 4 heteroatoms. The molecule has 92 valence electrons. The van der Waals surface area contributed by atoms with E-state index in [1.807, 2.05) is 0 Å². The van der Waals surface area contributed by atoms with Gasteiger partial charge in [0.05, 0.1) is 5.56 Å². The standard InChI is InChI=1S/C13H17FN2O/c14-11-5-2-1-4-10(11)12(17)16-9-13(8-15)6-3-7-13/h1-2,4-5H,3,6-9,15H2,(H,16,17). The van der Waals surface area contributed by atoms with Crippen LogP contribution in [0.15, 0.2) is 24.3 Å². The summed E-state index contributed by atoms with van der Waals surface area (Å²) in [7, 11) is 0. The summed E-state index contributed by atoms with van der Waals surface area (Å²) in [6.45, 7) is 1.11. The monoisotopic (exact) mass is 236 g/mol. The molecule has 1 aromatic rings. The lowest BCUT2D eigenvalue weighted by Gasteiger charge is -2.41. The fraction of sp³-hybridized carbons (Fsp3) is 0.462. The van der Waals surface area contributed by atoms with Crippen molar-refractivity contribution in [3.63, 3.8) is 0 Å². The predicted molar refractivity (Wildman–Crippen MR) is 64.1 cm³/mol. The summed E-state index contributed by atoms with van der Waals surface area (Å²) in [6.07, 6.45) is 3.24. The molecular formula is C13H17FN2O. The normalized spacial score (nSPS) is 17.3. The van der Waals surface area contributed by atoms with Gasteiger partial charge in [-0.3, -0.25) is 4.79 Å². The van der Waals surface area contributed by atoms with E-state index in [4.69, 9.17) is 5.73 Å². The number of benzene rings is 1. The lowest BCUT2D eigenvalue weighted by Crippen LogP contribution is -2.47. The highest BCUT2D eigenvalue weighted by Crippen LogP contribution is 2.39. The van der Waals surface area contributed by atoms with Crippen LogP contribution in [0.25, 0.3) is 0 Å². The predicted octanol–water partition coefficient (Wildman–Crippen LogP) is 1.68. The van der Waals surface area contributed by atoms with Gasteiger partial charge in [0.15, 0.2) is 0 Å². The third-order valence-corrected chi connectivity index (χ3v) is 3.59. The van der Waals surface area contributed by atoms with E-state index in [0.717, 1.165) is 19.3 Å². The number of halogens is 1. The Labute approximate surface area is 100 Å². The zero-order valence-corrected chi connectivity index (χ0v) is 9.71. The minimum Gasteiger partial charge on any atom is -0.351 e. The lowest BCUT2D eigenvalue weighted by molar-refractivity contribution is 0.0872. The van der Waals surface area contributed by atoms with Crippen molar-refractivity contribution in [1.82, 2.24) is 5.32 Å². The van der Waals surface area contributed by atoms with E-state index in [1.165, 1.54) is 12.1 Å². The third-order valence-electron chi connectivity index (χ3n) is 3.59. The Morgan fingerprint density at radius 1 is 1.41 bits per heavy atom. The van der Waals surface area contributed by atoms with Crippen molar-refractivity contribution in [2.75, 3.05) is 13.1 Å². The molecule has 1 saturated carbocycles. The molecule has 2 rings (SSSR count). The van der Waals surface area contributed by atoms with Gasteiger partial charge in [-0.25, -0.2) is 4.39 Å². The van der Waals surface area contributed by atoms with Crippen molar-refractivity contribution in [2.45, 2.75) is 19.3 Å². The van der Waals surface area contributed by atoms with Gasteiger partial charge in [0.1, 0.15) is 5.82 Å². The van der Waals surface area contributed by atoms with Crippen LogP contribution >= 0.6 is 0 Å². The first-order valence-corrected chi connectivity index (χ1v) is 5.90. The Kier molecular flexibility index (Phi) is 3.43. The third kappa shape index (κ3) is 2.47. The smallest absolute Gasteiger partial charge is 0.254 e.